The molecule has 1 rings (SSSR count). The Kier molecular flexibility index (Phi) is 5.16. The molecule has 0 unspecified atom stereocenters. The molecule has 1 aromatic carbocycles. The average Bonchev–Trinajstić information content (AvgIpc) is 2.29. The Morgan fingerprint density at radius 3 is 2.47 bits per heavy atom. The molecule has 0 heterocycles. The number of aliphatic carboxylic acids is 1. The third-order valence-electron chi connectivity index (χ3n) is 2.29. The van der Waals surface area contributed by atoms with Gasteiger partial charge < -0.3 is 16.2 Å². The standard InChI is InChI=1S/C12H16N2O3/c13-7-6-11(15)14-10(12(16)17)8-9-4-2-1-3-5-9/h1-5,10H,6-8,13H2,(H,14,15)(H,16,17)/t10-/m1/s1. The molecule has 0 saturated heterocycles. The highest BCUT2D eigenvalue weighted by Gasteiger charge is 2.19. The minimum Gasteiger partial charge on any atom is -0.480 e. The predicted molar refractivity (Wildman–Crippen MR) is 63.4 cm³/mol. The van der Waals surface area contributed by atoms with Crippen molar-refractivity contribution in [2.75, 3.05) is 6.54 Å². The summed E-state index contributed by atoms with van der Waals surface area (Å²) in [4.78, 5) is 22.3. The van der Waals surface area contributed by atoms with Crippen LogP contribution in [0.5, 0.6) is 0 Å². The number of benzene rings is 1. The molecule has 0 aliphatic carbocycles. The van der Waals surface area contributed by atoms with E-state index >= 15 is 0 Å². The number of nitrogens with one attached hydrogen (secondary N) is 1. The van der Waals surface area contributed by atoms with Crippen LogP contribution < -0.4 is 11.1 Å². The Bertz CT molecular complexity index is 379. The molecule has 0 spiro atoms. The van der Waals surface area contributed by atoms with Gasteiger partial charge in [0.25, 0.3) is 0 Å². The summed E-state index contributed by atoms with van der Waals surface area (Å²) >= 11 is 0. The van der Waals surface area contributed by atoms with Gasteiger partial charge in [-0.1, -0.05) is 30.3 Å². The summed E-state index contributed by atoms with van der Waals surface area (Å²) < 4.78 is 0. The van der Waals surface area contributed by atoms with Crippen LogP contribution in [0.25, 0.3) is 0 Å². The second kappa shape index (κ2) is 6.65. The highest BCUT2D eigenvalue weighted by atomic mass is 16.4. The third kappa shape index (κ3) is 4.65. The molecule has 1 aromatic rings. The molecular formula is C12H16N2O3. The molecular weight excluding hydrogens is 220 g/mol. The van der Waals surface area contributed by atoms with Crippen LogP contribution in [0.1, 0.15) is 12.0 Å². The van der Waals surface area contributed by atoms with Crippen LogP contribution in [0.4, 0.5) is 0 Å². The van der Waals surface area contributed by atoms with Crippen molar-refractivity contribution in [2.45, 2.75) is 18.9 Å². The highest BCUT2D eigenvalue weighted by molar-refractivity contribution is 5.83. The third-order valence-corrected chi connectivity index (χ3v) is 2.29. The van der Waals surface area contributed by atoms with Crippen LogP contribution in [0.3, 0.4) is 0 Å². The van der Waals surface area contributed by atoms with Crippen LogP contribution in [0.15, 0.2) is 30.3 Å². The van der Waals surface area contributed by atoms with E-state index in [1.807, 2.05) is 30.3 Å². The summed E-state index contributed by atoms with van der Waals surface area (Å²) in [5.41, 5.74) is 6.09. The zero-order valence-electron chi connectivity index (χ0n) is 9.43. The van der Waals surface area contributed by atoms with Crippen molar-refractivity contribution in [3.05, 3.63) is 35.9 Å². The number of carboxylic acid groups (broad SMARTS) is 1. The van der Waals surface area contributed by atoms with Gasteiger partial charge in [0.2, 0.25) is 5.91 Å². The summed E-state index contributed by atoms with van der Waals surface area (Å²) in [5.74, 6) is -1.38. The summed E-state index contributed by atoms with van der Waals surface area (Å²) in [5, 5.41) is 11.5. The maximum atomic E-state index is 11.3. The maximum Gasteiger partial charge on any atom is 0.326 e. The van der Waals surface area contributed by atoms with E-state index in [2.05, 4.69) is 5.32 Å². The van der Waals surface area contributed by atoms with Gasteiger partial charge in [0.1, 0.15) is 6.04 Å². The van der Waals surface area contributed by atoms with Gasteiger partial charge in [0, 0.05) is 19.4 Å². The fraction of sp³-hybridized carbons (Fsp3) is 0.333. The number of carbonyl (C=O) groups is 2. The van der Waals surface area contributed by atoms with E-state index in [0.717, 1.165) is 5.56 Å². The quantitative estimate of drug-likeness (QED) is 0.655. The van der Waals surface area contributed by atoms with Crippen molar-refractivity contribution >= 4 is 11.9 Å². The lowest BCUT2D eigenvalue weighted by molar-refractivity contribution is -0.141. The van der Waals surface area contributed by atoms with E-state index in [9.17, 15) is 9.59 Å². The Balaban J connectivity index is 2.61. The fourth-order valence-corrected chi connectivity index (χ4v) is 1.45. The number of nitrogens with two attached hydrogens (primary N) is 1. The van der Waals surface area contributed by atoms with Crippen LogP contribution >= 0.6 is 0 Å². The van der Waals surface area contributed by atoms with Gasteiger partial charge in [0.15, 0.2) is 0 Å². The first-order valence-corrected chi connectivity index (χ1v) is 5.39. The SMILES string of the molecule is NCCC(=O)N[C@H](Cc1ccccc1)C(=O)O. The topological polar surface area (TPSA) is 92.4 Å². The van der Waals surface area contributed by atoms with Gasteiger partial charge >= 0.3 is 5.97 Å². The first-order chi connectivity index (χ1) is 8.13. The minimum atomic E-state index is -1.04. The second-order valence-electron chi connectivity index (χ2n) is 3.69. The van der Waals surface area contributed by atoms with E-state index in [4.69, 9.17) is 10.8 Å². The van der Waals surface area contributed by atoms with Crippen molar-refractivity contribution in [1.29, 1.82) is 0 Å². The van der Waals surface area contributed by atoms with Crippen molar-refractivity contribution < 1.29 is 14.7 Å². The number of hydrogen-bond acceptors (Lipinski definition) is 3. The van der Waals surface area contributed by atoms with Crippen molar-refractivity contribution in [3.63, 3.8) is 0 Å². The number of rotatable bonds is 6. The van der Waals surface area contributed by atoms with Crippen molar-refractivity contribution in [3.8, 4) is 0 Å². The van der Waals surface area contributed by atoms with Gasteiger partial charge in [-0.25, -0.2) is 4.79 Å². The van der Waals surface area contributed by atoms with Gasteiger partial charge in [0.05, 0.1) is 0 Å². The Labute approximate surface area is 99.6 Å². The molecule has 0 fully saturated rings. The molecule has 0 aliphatic rings. The molecule has 0 aromatic heterocycles. The van der Waals surface area contributed by atoms with Gasteiger partial charge in [-0.2, -0.15) is 0 Å². The van der Waals surface area contributed by atoms with Gasteiger partial charge in [-0.3, -0.25) is 4.79 Å². The minimum absolute atomic E-state index is 0.137. The van der Waals surface area contributed by atoms with Gasteiger partial charge in [-0.05, 0) is 5.56 Å². The van der Waals surface area contributed by atoms with Crippen molar-refractivity contribution in [2.24, 2.45) is 5.73 Å². The van der Waals surface area contributed by atoms with E-state index in [-0.39, 0.29) is 25.3 Å². The van der Waals surface area contributed by atoms with E-state index in [1.165, 1.54) is 0 Å². The fourth-order valence-electron chi connectivity index (χ4n) is 1.45. The van der Waals surface area contributed by atoms with Crippen LogP contribution in [-0.2, 0) is 16.0 Å². The molecule has 92 valence electrons. The number of carboxylic acids is 1. The molecule has 5 heteroatoms. The first-order valence-electron chi connectivity index (χ1n) is 5.39. The molecule has 4 N–H and O–H groups in total. The highest BCUT2D eigenvalue weighted by Crippen LogP contribution is 2.03. The maximum absolute atomic E-state index is 11.3. The largest absolute Gasteiger partial charge is 0.480 e. The first kappa shape index (κ1) is 13.2. The number of hydrogen-bond donors (Lipinski definition) is 3. The van der Waals surface area contributed by atoms with Crippen LogP contribution in [0.2, 0.25) is 0 Å². The monoisotopic (exact) mass is 236 g/mol. The Hall–Kier alpha value is -1.88. The van der Waals surface area contributed by atoms with Crippen LogP contribution in [0, 0.1) is 0 Å². The smallest absolute Gasteiger partial charge is 0.326 e. The summed E-state index contributed by atoms with van der Waals surface area (Å²) in [7, 11) is 0. The van der Waals surface area contributed by atoms with Gasteiger partial charge in [-0.15, -0.1) is 0 Å². The zero-order valence-corrected chi connectivity index (χ0v) is 9.43. The van der Waals surface area contributed by atoms with Crippen molar-refractivity contribution in [1.82, 2.24) is 5.32 Å². The molecule has 17 heavy (non-hydrogen) atoms. The zero-order chi connectivity index (χ0) is 12.7. The molecule has 1 amide bonds. The molecule has 0 bridgehead atoms. The normalized spacial score (nSPS) is 11.8. The lowest BCUT2D eigenvalue weighted by atomic mass is 10.1. The lowest BCUT2D eigenvalue weighted by Gasteiger charge is -2.14. The van der Waals surface area contributed by atoms with Crippen LogP contribution in [-0.4, -0.2) is 29.6 Å². The Morgan fingerprint density at radius 1 is 1.29 bits per heavy atom. The Morgan fingerprint density at radius 2 is 1.94 bits per heavy atom. The molecule has 0 radical (unpaired) electrons. The van der Waals surface area contributed by atoms with E-state index in [0.29, 0.717) is 0 Å². The lowest BCUT2D eigenvalue weighted by Crippen LogP contribution is -2.42. The molecule has 0 saturated carbocycles. The average molecular weight is 236 g/mol. The van der Waals surface area contributed by atoms with E-state index in [1.54, 1.807) is 0 Å². The number of carbonyl (C=O) groups excluding carboxylic acids is 1. The summed E-state index contributed by atoms with van der Waals surface area (Å²) in [6.07, 6.45) is 0.408. The molecule has 0 aliphatic heterocycles. The molecule has 1 atom stereocenters. The van der Waals surface area contributed by atoms with E-state index < -0.39 is 12.0 Å². The predicted octanol–water partition coefficient (Wildman–Crippen LogP) is 0.147. The second-order valence-corrected chi connectivity index (χ2v) is 3.69. The number of amides is 1. The molecule has 5 nitrogen and oxygen atoms in total. The summed E-state index contributed by atoms with van der Waals surface area (Å²) in [6.45, 7) is 0.212. The summed E-state index contributed by atoms with van der Waals surface area (Å²) in [6, 6.07) is 8.25.